The quantitative estimate of drug-likeness (QED) is 0.0468. The molecule has 22 heteroatoms. The first kappa shape index (κ1) is 45.1. The fourth-order valence-electron chi connectivity index (χ4n) is 4.73. The van der Waals surface area contributed by atoms with Gasteiger partial charge in [-0.2, -0.15) is 30.7 Å². The molecule has 0 spiro atoms. The van der Waals surface area contributed by atoms with Gasteiger partial charge in [0.1, 0.15) is 33.1 Å². The number of sulfone groups is 1. The van der Waals surface area contributed by atoms with E-state index in [1.165, 1.54) is 20.3 Å². The van der Waals surface area contributed by atoms with Gasteiger partial charge < -0.3 is 24.0 Å². The summed E-state index contributed by atoms with van der Waals surface area (Å²) in [5.74, 6) is -1.23. The average molecular weight is 801 g/mol. The molecule has 0 bridgehead atoms. The second-order valence-electron chi connectivity index (χ2n) is 9.70. The van der Waals surface area contributed by atoms with Gasteiger partial charge in [-0.3, -0.25) is 5.04 Å². The average Bonchev–Trinajstić information content (AvgIpc) is 3.03. The zero-order valence-electron chi connectivity index (χ0n) is 26.6. The van der Waals surface area contributed by atoms with Crippen LogP contribution in [0.25, 0.3) is 0 Å². The van der Waals surface area contributed by atoms with Gasteiger partial charge >= 0.3 is 71.5 Å². The molecule has 264 valence electrons. The Labute approximate surface area is 335 Å². The van der Waals surface area contributed by atoms with E-state index in [0.717, 1.165) is 36.4 Å². The summed E-state index contributed by atoms with van der Waals surface area (Å²) in [5.41, 5.74) is -6.96. The molecule has 0 saturated carbocycles. The molecule has 0 aliphatic carbocycles. The minimum Gasteiger partial charge on any atom is -0.744 e. The largest absolute Gasteiger partial charge is 1.00 e. The van der Waals surface area contributed by atoms with Crippen LogP contribution in [0.2, 0.25) is 0 Å². The topological polar surface area (TPSA) is 161 Å². The third-order valence-electron chi connectivity index (χ3n) is 6.98. The van der Waals surface area contributed by atoms with Gasteiger partial charge in [0.2, 0.25) is 15.3 Å². The van der Waals surface area contributed by atoms with Crippen LogP contribution >= 0.6 is 12.0 Å². The van der Waals surface area contributed by atoms with Gasteiger partial charge in [0.25, 0.3) is 0 Å². The molecule has 0 atom stereocenters. The fourth-order valence-corrected chi connectivity index (χ4v) is 7.33. The maximum Gasteiger partial charge on any atom is 1.00 e. The number of benzene rings is 4. The molecule has 0 fully saturated rings. The summed E-state index contributed by atoms with van der Waals surface area (Å²) in [6.45, 7) is 0. The monoisotopic (exact) mass is 800 g/mol. The summed E-state index contributed by atoms with van der Waals surface area (Å²) >= 11 is 0.293. The first-order valence-corrected chi connectivity index (χ1v) is 16.7. The van der Waals surface area contributed by atoms with Crippen molar-refractivity contribution in [1.29, 1.82) is 0 Å². The normalized spacial score (nSPS) is 12.4. The Hall–Kier alpha value is -2.05. The number of methoxy groups -OCH3 is 2. The van der Waals surface area contributed by atoms with Crippen molar-refractivity contribution in [2.45, 2.75) is 37.3 Å². The Kier molecular flexibility index (Phi) is 15.4. The molecule has 0 amide bonds. The SMILES string of the molecule is COc1ccc(C(c2ccc(Oc3ccc(S(=O)(=O)c4ccc(OC)c(SOO[O-])c4)cc3S(=O)(=O)[O-])cc2)(C(F)(F)F)C(F)(F)F)cc1.[Na+].[Na+]. The van der Waals surface area contributed by atoms with Gasteiger partial charge in [-0.05, 0) is 71.8 Å². The van der Waals surface area contributed by atoms with Crippen LogP contribution in [0.5, 0.6) is 23.0 Å². The van der Waals surface area contributed by atoms with Gasteiger partial charge in [0.05, 0.1) is 45.8 Å². The Bertz CT molecular complexity index is 2020. The smallest absolute Gasteiger partial charge is 0.744 e. The van der Waals surface area contributed by atoms with Crippen molar-refractivity contribution in [3.63, 3.8) is 0 Å². The Morgan fingerprint density at radius 2 is 1.12 bits per heavy atom. The molecular weight excluding hydrogens is 780 g/mol. The molecule has 0 aromatic heterocycles. The number of hydrogen-bond donors (Lipinski definition) is 0. The zero-order chi connectivity index (χ0) is 36.4. The summed E-state index contributed by atoms with van der Waals surface area (Å²) in [5, 5.41) is 13.5. The summed E-state index contributed by atoms with van der Waals surface area (Å²) in [6.07, 6.45) is -11.8. The molecule has 0 unspecified atom stereocenters. The molecule has 4 rings (SSSR count). The maximum absolute atomic E-state index is 14.5. The van der Waals surface area contributed by atoms with E-state index in [1.807, 2.05) is 0 Å². The summed E-state index contributed by atoms with van der Waals surface area (Å²) in [4.78, 5) is -2.47. The van der Waals surface area contributed by atoms with E-state index >= 15 is 0 Å². The molecule has 0 aliphatic rings. The van der Waals surface area contributed by atoms with Crippen molar-refractivity contribution in [2.75, 3.05) is 14.2 Å². The predicted molar refractivity (Wildman–Crippen MR) is 153 cm³/mol. The van der Waals surface area contributed by atoms with Gasteiger partial charge in [0, 0.05) is 0 Å². The van der Waals surface area contributed by atoms with Crippen LogP contribution in [0.3, 0.4) is 0 Å². The number of hydrogen-bond acceptors (Lipinski definition) is 12. The second kappa shape index (κ2) is 17.4. The Morgan fingerprint density at radius 1 is 0.647 bits per heavy atom. The summed E-state index contributed by atoms with van der Waals surface area (Å²) in [6, 6.07) is 10.7. The van der Waals surface area contributed by atoms with Crippen LogP contribution in [0.15, 0.2) is 105 Å². The van der Waals surface area contributed by atoms with E-state index in [2.05, 4.69) is 9.37 Å². The van der Waals surface area contributed by atoms with Gasteiger partial charge in [-0.15, -0.1) is 0 Å². The minimum absolute atomic E-state index is 0. The molecule has 0 N–H and O–H groups in total. The molecule has 11 nitrogen and oxygen atoms in total. The van der Waals surface area contributed by atoms with Gasteiger partial charge in [-0.1, -0.05) is 24.3 Å². The van der Waals surface area contributed by atoms with E-state index in [4.69, 9.17) is 14.2 Å². The van der Waals surface area contributed by atoms with E-state index in [1.54, 1.807) is 0 Å². The number of ether oxygens (including phenoxy) is 3. The second-order valence-corrected chi connectivity index (χ2v) is 13.7. The van der Waals surface area contributed by atoms with Crippen molar-refractivity contribution in [3.05, 3.63) is 96.1 Å². The van der Waals surface area contributed by atoms with E-state index in [9.17, 15) is 53.0 Å². The van der Waals surface area contributed by atoms with Crippen LogP contribution < -0.4 is 78.6 Å². The van der Waals surface area contributed by atoms with Crippen molar-refractivity contribution in [2.24, 2.45) is 0 Å². The standard InChI is InChI=1S/C29H22F6O11S3.2Na/c1-42-19-7-3-17(4-8-19)27(28(30,31)32,29(33,34)35)18-5-9-20(10-6-18)44-24-14-12-22(16-26(24)49(39,40)41)48(37,38)21-11-13-23(43-2)25(15-21)47-46-45-36;;/h3-16,36H,1-2H3,(H,39,40,41);;/q;2*+1/p-2. The molecule has 51 heavy (non-hydrogen) atoms. The van der Waals surface area contributed by atoms with E-state index in [-0.39, 0.29) is 75.5 Å². The van der Waals surface area contributed by atoms with Crippen LogP contribution in [-0.2, 0) is 34.7 Å². The third-order valence-corrected chi connectivity index (χ3v) is 10.2. The molecule has 4 aromatic carbocycles. The van der Waals surface area contributed by atoms with Crippen LogP contribution in [0, 0.1) is 0 Å². The van der Waals surface area contributed by atoms with Crippen LogP contribution in [-0.4, -0.2) is 48.0 Å². The number of rotatable bonds is 12. The first-order valence-electron chi connectivity index (χ1n) is 13.0. The number of alkyl halides is 6. The van der Waals surface area contributed by atoms with E-state index < -0.39 is 75.0 Å². The maximum atomic E-state index is 14.5. The zero-order valence-corrected chi connectivity index (χ0v) is 33.0. The summed E-state index contributed by atoms with van der Waals surface area (Å²) < 4.78 is 169. The minimum atomic E-state index is -5.91. The Morgan fingerprint density at radius 3 is 1.55 bits per heavy atom. The van der Waals surface area contributed by atoms with Gasteiger partial charge in [-0.25, -0.2) is 16.8 Å². The molecular formula is C29H20F6Na2O11S3. The van der Waals surface area contributed by atoms with Crippen LogP contribution in [0.1, 0.15) is 11.1 Å². The fraction of sp³-hybridized carbons (Fsp3) is 0.172. The van der Waals surface area contributed by atoms with E-state index in [0.29, 0.717) is 54.5 Å². The van der Waals surface area contributed by atoms with Crippen molar-refractivity contribution >= 4 is 32.0 Å². The van der Waals surface area contributed by atoms with Crippen LogP contribution in [0.4, 0.5) is 26.3 Å². The van der Waals surface area contributed by atoms with Crippen molar-refractivity contribution in [3.8, 4) is 23.0 Å². The Balaban J connectivity index is 0.00000451. The van der Waals surface area contributed by atoms with Gasteiger partial charge in [0.15, 0.2) is 0 Å². The predicted octanol–water partition coefficient (Wildman–Crippen LogP) is -0.118. The third kappa shape index (κ3) is 9.37. The first-order chi connectivity index (χ1) is 22.8. The molecule has 0 saturated heterocycles. The molecule has 0 heterocycles. The molecule has 4 aromatic rings. The van der Waals surface area contributed by atoms with Crippen molar-refractivity contribution < 1.29 is 136 Å². The van der Waals surface area contributed by atoms with Crippen molar-refractivity contribution in [1.82, 2.24) is 0 Å². The summed E-state index contributed by atoms with van der Waals surface area (Å²) in [7, 11) is -7.69. The number of halogens is 6. The molecule has 0 radical (unpaired) electrons. The molecule has 0 aliphatic heterocycles.